The second-order valence-electron chi connectivity index (χ2n) is 7.42. The van der Waals surface area contributed by atoms with Crippen LogP contribution in [0.25, 0.3) is 5.57 Å². The van der Waals surface area contributed by atoms with Crippen LogP contribution < -0.4 is 5.32 Å². The molecule has 0 bridgehead atoms. The van der Waals surface area contributed by atoms with Crippen molar-refractivity contribution in [2.75, 3.05) is 40.8 Å². The SMILES string of the molecule is CN=C(NCCc1cccc(C(=O)N(C)C)c1)N1CC=C(c2ccccc2)CC1. The molecule has 0 saturated carbocycles. The summed E-state index contributed by atoms with van der Waals surface area (Å²) in [6.07, 6.45) is 4.15. The van der Waals surface area contributed by atoms with Gasteiger partial charge in [0.1, 0.15) is 0 Å². The molecule has 1 N–H and O–H groups in total. The third-order valence-electron chi connectivity index (χ3n) is 5.14. The van der Waals surface area contributed by atoms with Gasteiger partial charge in [0, 0.05) is 46.3 Å². The largest absolute Gasteiger partial charge is 0.356 e. The minimum absolute atomic E-state index is 0.0324. The summed E-state index contributed by atoms with van der Waals surface area (Å²) in [7, 11) is 5.38. The van der Waals surface area contributed by atoms with Crippen LogP contribution in [0.2, 0.25) is 0 Å². The minimum Gasteiger partial charge on any atom is -0.356 e. The van der Waals surface area contributed by atoms with Crippen molar-refractivity contribution < 1.29 is 4.79 Å². The van der Waals surface area contributed by atoms with E-state index in [-0.39, 0.29) is 5.91 Å². The Kier molecular flexibility index (Phi) is 7.06. The van der Waals surface area contributed by atoms with Gasteiger partial charge in [-0.15, -0.1) is 0 Å². The second kappa shape index (κ2) is 9.92. The molecule has 1 aliphatic heterocycles. The minimum atomic E-state index is 0.0324. The Morgan fingerprint density at radius 1 is 1.14 bits per heavy atom. The van der Waals surface area contributed by atoms with Gasteiger partial charge in [-0.2, -0.15) is 0 Å². The monoisotopic (exact) mass is 390 g/mol. The first kappa shape index (κ1) is 20.6. The van der Waals surface area contributed by atoms with Crippen molar-refractivity contribution in [1.82, 2.24) is 15.1 Å². The van der Waals surface area contributed by atoms with Gasteiger partial charge in [-0.05, 0) is 41.7 Å². The lowest BCUT2D eigenvalue weighted by atomic mass is 10.00. The van der Waals surface area contributed by atoms with Gasteiger partial charge in [-0.25, -0.2) is 0 Å². The third kappa shape index (κ3) is 5.47. The van der Waals surface area contributed by atoms with Gasteiger partial charge in [-0.1, -0.05) is 48.5 Å². The standard InChI is InChI=1S/C24H30N4O/c1-25-24(28-16-13-21(14-17-28)20-9-5-4-6-10-20)26-15-12-19-8-7-11-22(18-19)23(29)27(2)3/h4-11,13,18H,12,14-17H2,1-3H3,(H,25,26). The molecule has 2 aromatic carbocycles. The molecule has 0 spiro atoms. The van der Waals surface area contributed by atoms with E-state index in [9.17, 15) is 4.79 Å². The Hall–Kier alpha value is -3.08. The van der Waals surface area contributed by atoms with Crippen LogP contribution in [-0.4, -0.2) is 62.4 Å². The van der Waals surface area contributed by atoms with Crippen LogP contribution in [-0.2, 0) is 6.42 Å². The van der Waals surface area contributed by atoms with Gasteiger partial charge in [0.05, 0.1) is 0 Å². The molecule has 5 nitrogen and oxygen atoms in total. The van der Waals surface area contributed by atoms with Gasteiger partial charge in [0.15, 0.2) is 5.96 Å². The molecule has 1 amide bonds. The number of hydrogen-bond donors (Lipinski definition) is 1. The quantitative estimate of drug-likeness (QED) is 0.630. The number of hydrogen-bond acceptors (Lipinski definition) is 2. The first-order valence-corrected chi connectivity index (χ1v) is 10.1. The zero-order chi connectivity index (χ0) is 20.6. The summed E-state index contributed by atoms with van der Waals surface area (Å²) in [5.74, 6) is 0.957. The fourth-order valence-corrected chi connectivity index (χ4v) is 3.54. The van der Waals surface area contributed by atoms with Gasteiger partial charge >= 0.3 is 0 Å². The van der Waals surface area contributed by atoms with Crippen LogP contribution in [0.5, 0.6) is 0 Å². The molecule has 1 heterocycles. The molecule has 2 aromatic rings. The van der Waals surface area contributed by atoms with E-state index in [1.807, 2.05) is 25.2 Å². The molecule has 0 unspecified atom stereocenters. The highest BCUT2D eigenvalue weighted by Crippen LogP contribution is 2.21. The highest BCUT2D eigenvalue weighted by Gasteiger charge is 2.16. The normalized spacial score (nSPS) is 14.4. The van der Waals surface area contributed by atoms with Crippen LogP contribution >= 0.6 is 0 Å². The second-order valence-corrected chi connectivity index (χ2v) is 7.42. The highest BCUT2D eigenvalue weighted by atomic mass is 16.2. The summed E-state index contributed by atoms with van der Waals surface area (Å²) < 4.78 is 0. The van der Waals surface area contributed by atoms with E-state index >= 15 is 0 Å². The Bertz CT molecular complexity index is 887. The molecule has 0 radical (unpaired) electrons. The lowest BCUT2D eigenvalue weighted by Gasteiger charge is -2.29. The predicted molar refractivity (Wildman–Crippen MR) is 120 cm³/mol. The van der Waals surface area contributed by atoms with E-state index in [1.165, 1.54) is 11.1 Å². The van der Waals surface area contributed by atoms with Crippen molar-refractivity contribution in [1.29, 1.82) is 0 Å². The van der Waals surface area contributed by atoms with E-state index in [2.05, 4.69) is 57.7 Å². The number of rotatable bonds is 5. The van der Waals surface area contributed by atoms with Crippen molar-refractivity contribution in [3.63, 3.8) is 0 Å². The maximum Gasteiger partial charge on any atom is 0.253 e. The van der Waals surface area contributed by atoms with E-state index in [0.717, 1.165) is 49.6 Å². The van der Waals surface area contributed by atoms with Gasteiger partial charge in [0.25, 0.3) is 5.91 Å². The van der Waals surface area contributed by atoms with Gasteiger partial charge in [-0.3, -0.25) is 9.79 Å². The smallest absolute Gasteiger partial charge is 0.253 e. The van der Waals surface area contributed by atoms with Crippen LogP contribution in [0.1, 0.15) is 27.9 Å². The Morgan fingerprint density at radius 3 is 2.59 bits per heavy atom. The van der Waals surface area contributed by atoms with Crippen LogP contribution in [0, 0.1) is 0 Å². The summed E-state index contributed by atoms with van der Waals surface area (Å²) in [4.78, 5) is 20.5. The average Bonchev–Trinajstić information content (AvgIpc) is 2.77. The molecule has 0 fully saturated rings. The van der Waals surface area contributed by atoms with Crippen molar-refractivity contribution in [2.24, 2.45) is 4.99 Å². The molecular formula is C24H30N4O. The zero-order valence-corrected chi connectivity index (χ0v) is 17.6. The average molecular weight is 391 g/mol. The molecular weight excluding hydrogens is 360 g/mol. The molecule has 3 rings (SSSR count). The Labute approximate surface area is 173 Å². The lowest BCUT2D eigenvalue weighted by Crippen LogP contribution is -2.44. The number of carbonyl (C=O) groups excluding carboxylic acids is 1. The molecule has 152 valence electrons. The number of nitrogens with one attached hydrogen (secondary N) is 1. The first-order chi connectivity index (χ1) is 14.1. The Balaban J connectivity index is 1.54. The van der Waals surface area contributed by atoms with Crippen molar-refractivity contribution in [2.45, 2.75) is 12.8 Å². The summed E-state index contributed by atoms with van der Waals surface area (Å²) >= 11 is 0. The third-order valence-corrected chi connectivity index (χ3v) is 5.14. The van der Waals surface area contributed by atoms with E-state index in [0.29, 0.717) is 0 Å². The fraction of sp³-hybridized carbons (Fsp3) is 0.333. The summed E-state index contributed by atoms with van der Waals surface area (Å²) in [6.45, 7) is 2.59. The number of aliphatic imine (C=N–C) groups is 1. The van der Waals surface area contributed by atoms with Crippen LogP contribution in [0.15, 0.2) is 65.7 Å². The van der Waals surface area contributed by atoms with Gasteiger partial charge in [0.2, 0.25) is 0 Å². The molecule has 29 heavy (non-hydrogen) atoms. The first-order valence-electron chi connectivity index (χ1n) is 10.1. The summed E-state index contributed by atoms with van der Waals surface area (Å²) in [5, 5.41) is 3.46. The van der Waals surface area contributed by atoms with E-state index < -0.39 is 0 Å². The molecule has 0 aliphatic carbocycles. The van der Waals surface area contributed by atoms with Crippen LogP contribution in [0.3, 0.4) is 0 Å². The topological polar surface area (TPSA) is 47.9 Å². The maximum atomic E-state index is 12.1. The predicted octanol–water partition coefficient (Wildman–Crippen LogP) is 3.30. The molecule has 0 saturated heterocycles. The molecule has 0 atom stereocenters. The van der Waals surface area contributed by atoms with Gasteiger partial charge < -0.3 is 15.1 Å². The number of carbonyl (C=O) groups is 1. The molecule has 5 heteroatoms. The number of amides is 1. The van der Waals surface area contributed by atoms with Crippen molar-refractivity contribution in [3.8, 4) is 0 Å². The number of guanidine groups is 1. The van der Waals surface area contributed by atoms with E-state index in [1.54, 1.807) is 19.0 Å². The van der Waals surface area contributed by atoms with Crippen molar-refractivity contribution >= 4 is 17.4 Å². The van der Waals surface area contributed by atoms with E-state index in [4.69, 9.17) is 0 Å². The van der Waals surface area contributed by atoms with Crippen molar-refractivity contribution in [3.05, 3.63) is 77.4 Å². The summed E-state index contributed by atoms with van der Waals surface area (Å²) in [5.41, 5.74) is 4.58. The highest BCUT2D eigenvalue weighted by molar-refractivity contribution is 5.94. The van der Waals surface area contributed by atoms with Crippen LogP contribution in [0.4, 0.5) is 0 Å². The lowest BCUT2D eigenvalue weighted by molar-refractivity contribution is 0.0827. The molecule has 0 aromatic heterocycles. The fourth-order valence-electron chi connectivity index (χ4n) is 3.54. The number of benzene rings is 2. The Morgan fingerprint density at radius 2 is 1.93 bits per heavy atom. The number of nitrogens with zero attached hydrogens (tertiary/aromatic N) is 3. The maximum absolute atomic E-state index is 12.1. The zero-order valence-electron chi connectivity index (χ0n) is 17.6. The summed E-state index contributed by atoms with van der Waals surface area (Å²) in [6, 6.07) is 18.4. The molecule has 1 aliphatic rings.